The molecule has 5 heteroatoms. The minimum atomic E-state index is -0.440. The Morgan fingerprint density at radius 2 is 1.35 bits per heavy atom. The summed E-state index contributed by atoms with van der Waals surface area (Å²) in [5.41, 5.74) is 0.145. The molecule has 1 heterocycles. The predicted molar refractivity (Wildman–Crippen MR) is 87.6 cm³/mol. The molecule has 0 unspecified atom stereocenters. The van der Waals surface area contributed by atoms with E-state index in [1.807, 2.05) is 0 Å². The van der Waals surface area contributed by atoms with Crippen LogP contribution in [0.4, 0.5) is 0 Å². The van der Waals surface area contributed by atoms with Gasteiger partial charge in [-0.25, -0.2) is 4.79 Å². The molecule has 23 heavy (non-hydrogen) atoms. The second kappa shape index (κ2) is 6.04. The van der Waals surface area contributed by atoms with Gasteiger partial charge in [0.2, 0.25) is 0 Å². The lowest BCUT2D eigenvalue weighted by molar-refractivity contribution is 0.393. The predicted octanol–water partition coefficient (Wildman–Crippen LogP) is 3.49. The Balaban J connectivity index is 2.36. The molecule has 1 aromatic heterocycles. The zero-order valence-corrected chi connectivity index (χ0v) is 13.1. The first-order valence-corrected chi connectivity index (χ1v) is 7.01. The summed E-state index contributed by atoms with van der Waals surface area (Å²) < 4.78 is 21.6. The molecule has 0 radical (unpaired) electrons. The Bertz CT molecular complexity index is 889. The van der Waals surface area contributed by atoms with Crippen LogP contribution in [0.3, 0.4) is 0 Å². The van der Waals surface area contributed by atoms with Gasteiger partial charge in [-0.1, -0.05) is 12.1 Å². The van der Waals surface area contributed by atoms with Gasteiger partial charge in [0.1, 0.15) is 28.6 Å². The molecule has 0 saturated carbocycles. The first-order valence-electron chi connectivity index (χ1n) is 7.01. The number of methoxy groups -OCH3 is 3. The minimum Gasteiger partial charge on any atom is -0.496 e. The standard InChI is InChI=1S/C18H16O5/c1-20-13-7-4-6-11-12(13)10-16(23-18(11)19)17-14(21-2)8-5-9-15(17)22-3/h4-10H,1-3H3. The highest BCUT2D eigenvalue weighted by Crippen LogP contribution is 2.39. The molecule has 0 N–H and O–H groups in total. The molecule has 0 fully saturated rings. The Labute approximate surface area is 133 Å². The van der Waals surface area contributed by atoms with Crippen LogP contribution in [0.2, 0.25) is 0 Å². The van der Waals surface area contributed by atoms with Crippen molar-refractivity contribution in [2.24, 2.45) is 0 Å². The zero-order valence-electron chi connectivity index (χ0n) is 13.1. The van der Waals surface area contributed by atoms with Gasteiger partial charge in [-0.05, 0) is 30.3 Å². The maximum atomic E-state index is 12.3. The van der Waals surface area contributed by atoms with Gasteiger partial charge in [-0.15, -0.1) is 0 Å². The summed E-state index contributed by atoms with van der Waals surface area (Å²) >= 11 is 0. The molecule has 0 aliphatic heterocycles. The molecule has 3 aromatic rings. The third kappa shape index (κ3) is 2.50. The van der Waals surface area contributed by atoms with Crippen LogP contribution in [0.5, 0.6) is 17.2 Å². The topological polar surface area (TPSA) is 57.9 Å². The summed E-state index contributed by atoms with van der Waals surface area (Å²) in [4.78, 5) is 12.3. The third-order valence-corrected chi connectivity index (χ3v) is 3.66. The summed E-state index contributed by atoms with van der Waals surface area (Å²) in [6, 6.07) is 12.4. The van der Waals surface area contributed by atoms with Gasteiger partial charge in [-0.3, -0.25) is 0 Å². The van der Waals surface area contributed by atoms with Gasteiger partial charge in [0.15, 0.2) is 0 Å². The molecule has 5 nitrogen and oxygen atoms in total. The van der Waals surface area contributed by atoms with Gasteiger partial charge < -0.3 is 18.6 Å². The lowest BCUT2D eigenvalue weighted by Crippen LogP contribution is -2.02. The highest BCUT2D eigenvalue weighted by molar-refractivity contribution is 5.90. The van der Waals surface area contributed by atoms with Crippen LogP contribution in [0.1, 0.15) is 0 Å². The van der Waals surface area contributed by atoms with E-state index < -0.39 is 5.63 Å². The van der Waals surface area contributed by atoms with Crippen LogP contribution in [0, 0.1) is 0 Å². The SMILES string of the molecule is COc1cccc(OC)c1-c1cc2c(OC)cccc2c(=O)o1. The van der Waals surface area contributed by atoms with E-state index in [2.05, 4.69) is 0 Å². The van der Waals surface area contributed by atoms with Crippen molar-refractivity contribution in [2.45, 2.75) is 0 Å². The lowest BCUT2D eigenvalue weighted by atomic mass is 10.1. The van der Waals surface area contributed by atoms with E-state index in [4.69, 9.17) is 18.6 Å². The molecule has 0 bridgehead atoms. The maximum absolute atomic E-state index is 12.3. The first-order chi connectivity index (χ1) is 11.2. The molecule has 0 aliphatic carbocycles. The summed E-state index contributed by atoms with van der Waals surface area (Å²) in [6.45, 7) is 0. The van der Waals surface area contributed by atoms with E-state index >= 15 is 0 Å². The van der Waals surface area contributed by atoms with Crippen LogP contribution in [0.15, 0.2) is 51.7 Å². The Kier molecular flexibility index (Phi) is 3.93. The van der Waals surface area contributed by atoms with Crippen LogP contribution < -0.4 is 19.8 Å². The lowest BCUT2D eigenvalue weighted by Gasteiger charge is -2.13. The molecule has 0 saturated heterocycles. The smallest absolute Gasteiger partial charge is 0.344 e. The zero-order chi connectivity index (χ0) is 16.4. The molecule has 0 spiro atoms. The van der Waals surface area contributed by atoms with Gasteiger partial charge in [0.05, 0.1) is 26.7 Å². The molecule has 0 atom stereocenters. The first kappa shape index (κ1) is 15.0. The fourth-order valence-electron chi connectivity index (χ4n) is 2.58. The second-order valence-electron chi connectivity index (χ2n) is 4.86. The molecule has 3 rings (SSSR count). The van der Waals surface area contributed by atoms with Crippen LogP contribution in [-0.4, -0.2) is 21.3 Å². The van der Waals surface area contributed by atoms with Crippen LogP contribution in [-0.2, 0) is 0 Å². The van der Waals surface area contributed by atoms with Crippen molar-refractivity contribution in [2.75, 3.05) is 21.3 Å². The van der Waals surface area contributed by atoms with Crippen molar-refractivity contribution in [3.8, 4) is 28.6 Å². The summed E-state index contributed by atoms with van der Waals surface area (Å²) in [6.07, 6.45) is 0. The monoisotopic (exact) mass is 312 g/mol. The Morgan fingerprint density at radius 3 is 1.96 bits per heavy atom. The minimum absolute atomic E-state index is 0.362. The molecule has 0 aliphatic rings. The maximum Gasteiger partial charge on any atom is 0.344 e. The van der Waals surface area contributed by atoms with Crippen molar-refractivity contribution >= 4 is 10.8 Å². The highest BCUT2D eigenvalue weighted by Gasteiger charge is 2.17. The van der Waals surface area contributed by atoms with Crippen molar-refractivity contribution < 1.29 is 18.6 Å². The van der Waals surface area contributed by atoms with Gasteiger partial charge >= 0.3 is 5.63 Å². The largest absolute Gasteiger partial charge is 0.496 e. The van der Waals surface area contributed by atoms with Gasteiger partial charge in [0.25, 0.3) is 0 Å². The van der Waals surface area contributed by atoms with Crippen molar-refractivity contribution in [1.29, 1.82) is 0 Å². The molecule has 118 valence electrons. The summed E-state index contributed by atoms with van der Waals surface area (Å²) in [5.74, 6) is 2.08. The van der Waals surface area contributed by atoms with E-state index in [0.29, 0.717) is 39.3 Å². The van der Waals surface area contributed by atoms with Crippen LogP contribution >= 0.6 is 0 Å². The van der Waals surface area contributed by atoms with E-state index in [1.165, 1.54) is 0 Å². The average molecular weight is 312 g/mol. The number of hydrogen-bond acceptors (Lipinski definition) is 5. The number of ether oxygens (including phenoxy) is 3. The number of fused-ring (bicyclic) bond motifs is 1. The molecular weight excluding hydrogens is 296 g/mol. The van der Waals surface area contributed by atoms with Gasteiger partial charge in [-0.2, -0.15) is 0 Å². The second-order valence-corrected chi connectivity index (χ2v) is 4.86. The molecule has 2 aromatic carbocycles. The number of hydrogen-bond donors (Lipinski definition) is 0. The average Bonchev–Trinajstić information content (AvgIpc) is 2.60. The van der Waals surface area contributed by atoms with Crippen molar-refractivity contribution in [3.63, 3.8) is 0 Å². The van der Waals surface area contributed by atoms with E-state index in [0.717, 1.165) is 0 Å². The van der Waals surface area contributed by atoms with Crippen LogP contribution in [0.25, 0.3) is 22.1 Å². The molecular formula is C18H16O5. The van der Waals surface area contributed by atoms with E-state index in [1.54, 1.807) is 63.8 Å². The van der Waals surface area contributed by atoms with E-state index in [-0.39, 0.29) is 0 Å². The summed E-state index contributed by atoms with van der Waals surface area (Å²) in [7, 11) is 4.67. The number of rotatable bonds is 4. The highest BCUT2D eigenvalue weighted by atomic mass is 16.5. The third-order valence-electron chi connectivity index (χ3n) is 3.66. The van der Waals surface area contributed by atoms with E-state index in [9.17, 15) is 4.79 Å². The molecule has 0 amide bonds. The van der Waals surface area contributed by atoms with Crippen molar-refractivity contribution in [3.05, 3.63) is 52.9 Å². The quantitative estimate of drug-likeness (QED) is 0.738. The normalized spacial score (nSPS) is 10.6. The van der Waals surface area contributed by atoms with Gasteiger partial charge in [0, 0.05) is 5.39 Å². The fraction of sp³-hybridized carbons (Fsp3) is 0.167. The van der Waals surface area contributed by atoms with Crippen molar-refractivity contribution in [1.82, 2.24) is 0 Å². The fourth-order valence-corrected chi connectivity index (χ4v) is 2.58. The number of benzene rings is 2. The Morgan fingerprint density at radius 1 is 0.783 bits per heavy atom. The summed E-state index contributed by atoms with van der Waals surface area (Å²) in [5, 5.41) is 1.14. The Hall–Kier alpha value is -2.95.